The van der Waals surface area contributed by atoms with Gasteiger partial charge in [-0.1, -0.05) is 20.3 Å². The van der Waals surface area contributed by atoms with Gasteiger partial charge in [0, 0.05) is 25.7 Å². The summed E-state index contributed by atoms with van der Waals surface area (Å²) in [5.74, 6) is 0.608. The fourth-order valence-electron chi connectivity index (χ4n) is 3.51. The second-order valence-corrected chi connectivity index (χ2v) is 6.16. The molecule has 0 spiro atoms. The van der Waals surface area contributed by atoms with Gasteiger partial charge in [-0.15, -0.1) is 0 Å². The molecule has 2 unspecified atom stereocenters. The molecule has 1 rings (SSSR count). The van der Waals surface area contributed by atoms with Gasteiger partial charge in [-0.2, -0.15) is 0 Å². The number of nitrogens with zero attached hydrogens (tertiary/aromatic N) is 1. The van der Waals surface area contributed by atoms with E-state index in [1.54, 1.807) is 0 Å². The minimum atomic E-state index is 0.167. The average molecular weight is 258 g/mol. The Hall–Kier alpha value is -0.160. The van der Waals surface area contributed by atoms with E-state index in [1.807, 2.05) is 7.05 Å². The van der Waals surface area contributed by atoms with Crippen LogP contribution in [0.15, 0.2) is 0 Å². The van der Waals surface area contributed by atoms with E-state index >= 15 is 0 Å². The molecule has 1 aliphatic rings. The molecular formula is C14H30N2O2. The van der Waals surface area contributed by atoms with Crippen molar-refractivity contribution in [2.24, 2.45) is 11.3 Å². The first-order valence-corrected chi connectivity index (χ1v) is 7.16. The second-order valence-electron chi connectivity index (χ2n) is 6.16. The minimum absolute atomic E-state index is 0.167. The normalized spacial score (nSPS) is 27.7. The minimum Gasteiger partial charge on any atom is -0.395 e. The quantitative estimate of drug-likeness (QED) is 0.629. The van der Waals surface area contributed by atoms with E-state index in [0.29, 0.717) is 30.5 Å². The molecule has 1 fully saturated rings. The highest BCUT2D eigenvalue weighted by molar-refractivity contribution is 4.93. The first-order valence-electron chi connectivity index (χ1n) is 7.16. The summed E-state index contributed by atoms with van der Waals surface area (Å²) in [4.78, 5) is 2.18. The van der Waals surface area contributed by atoms with Crippen LogP contribution in [0.25, 0.3) is 0 Å². The Morgan fingerprint density at radius 3 is 2.33 bits per heavy atom. The lowest BCUT2D eigenvalue weighted by Gasteiger charge is -2.45. The maximum atomic E-state index is 9.08. The molecule has 0 amide bonds. The van der Waals surface area contributed by atoms with Crippen molar-refractivity contribution in [1.82, 2.24) is 10.2 Å². The molecule has 1 saturated carbocycles. The van der Waals surface area contributed by atoms with Gasteiger partial charge in [0.1, 0.15) is 0 Å². The zero-order valence-electron chi connectivity index (χ0n) is 12.2. The van der Waals surface area contributed by atoms with Crippen molar-refractivity contribution < 1.29 is 10.2 Å². The van der Waals surface area contributed by atoms with Crippen molar-refractivity contribution in [3.05, 3.63) is 0 Å². The Bertz CT molecular complexity index is 228. The largest absolute Gasteiger partial charge is 0.395 e. The lowest BCUT2D eigenvalue weighted by atomic mass is 9.68. The van der Waals surface area contributed by atoms with Gasteiger partial charge < -0.3 is 15.5 Å². The topological polar surface area (TPSA) is 55.7 Å². The number of aliphatic hydroxyl groups is 2. The van der Waals surface area contributed by atoms with E-state index in [0.717, 1.165) is 6.54 Å². The van der Waals surface area contributed by atoms with Crippen LogP contribution in [0.2, 0.25) is 0 Å². The zero-order valence-corrected chi connectivity index (χ0v) is 12.2. The molecule has 1 aliphatic carbocycles. The van der Waals surface area contributed by atoms with E-state index in [9.17, 15) is 0 Å². The van der Waals surface area contributed by atoms with Crippen LogP contribution in [-0.4, -0.2) is 61.1 Å². The third-order valence-corrected chi connectivity index (χ3v) is 4.35. The van der Waals surface area contributed by atoms with Crippen LogP contribution in [-0.2, 0) is 0 Å². The Balaban J connectivity index is 2.61. The van der Waals surface area contributed by atoms with Gasteiger partial charge in [0.15, 0.2) is 0 Å². The van der Waals surface area contributed by atoms with E-state index < -0.39 is 0 Å². The van der Waals surface area contributed by atoms with Crippen LogP contribution < -0.4 is 5.32 Å². The summed E-state index contributed by atoms with van der Waals surface area (Å²) >= 11 is 0. The van der Waals surface area contributed by atoms with Gasteiger partial charge in [-0.25, -0.2) is 0 Å². The molecule has 0 bridgehead atoms. The van der Waals surface area contributed by atoms with Crippen LogP contribution in [0.5, 0.6) is 0 Å². The highest BCUT2D eigenvalue weighted by atomic mass is 16.3. The first-order chi connectivity index (χ1) is 8.55. The van der Waals surface area contributed by atoms with Crippen molar-refractivity contribution in [2.45, 2.75) is 39.2 Å². The predicted octanol–water partition coefficient (Wildman–Crippen LogP) is 0.687. The third kappa shape index (κ3) is 4.19. The zero-order chi connectivity index (χ0) is 13.6. The Morgan fingerprint density at radius 1 is 1.22 bits per heavy atom. The number of aliphatic hydroxyl groups excluding tert-OH is 2. The molecule has 108 valence electrons. The molecule has 4 heteroatoms. The highest BCUT2D eigenvalue weighted by Crippen LogP contribution is 2.39. The van der Waals surface area contributed by atoms with Gasteiger partial charge in [-0.3, -0.25) is 4.90 Å². The number of nitrogens with one attached hydrogen (secondary N) is 1. The van der Waals surface area contributed by atoms with E-state index in [1.165, 1.54) is 19.3 Å². The second kappa shape index (κ2) is 7.43. The van der Waals surface area contributed by atoms with Crippen molar-refractivity contribution in [1.29, 1.82) is 0 Å². The first kappa shape index (κ1) is 15.9. The summed E-state index contributed by atoms with van der Waals surface area (Å²) in [6, 6.07) is 0.520. The smallest absolute Gasteiger partial charge is 0.0558 e. The monoisotopic (exact) mass is 258 g/mol. The molecule has 4 nitrogen and oxygen atoms in total. The molecule has 0 aliphatic heterocycles. The number of rotatable bonds is 7. The number of hydrogen-bond acceptors (Lipinski definition) is 4. The fraction of sp³-hybridized carbons (Fsp3) is 1.00. The van der Waals surface area contributed by atoms with E-state index in [2.05, 4.69) is 24.1 Å². The number of hydrogen-bond donors (Lipinski definition) is 3. The molecule has 0 radical (unpaired) electrons. The average Bonchev–Trinajstić information content (AvgIpc) is 2.29. The van der Waals surface area contributed by atoms with Gasteiger partial charge in [0.05, 0.1) is 13.2 Å². The van der Waals surface area contributed by atoms with Gasteiger partial charge >= 0.3 is 0 Å². The lowest BCUT2D eigenvalue weighted by molar-refractivity contribution is 0.0701. The summed E-state index contributed by atoms with van der Waals surface area (Å²) in [7, 11) is 2.05. The van der Waals surface area contributed by atoms with Gasteiger partial charge in [-0.05, 0) is 31.2 Å². The van der Waals surface area contributed by atoms with E-state index in [-0.39, 0.29) is 13.2 Å². The van der Waals surface area contributed by atoms with Crippen molar-refractivity contribution in [3.63, 3.8) is 0 Å². The summed E-state index contributed by atoms with van der Waals surface area (Å²) in [6.07, 6.45) is 3.79. The SMILES string of the molecule is CNC1C(CN(CCO)CCO)CCCC1(C)C. The van der Waals surface area contributed by atoms with Crippen LogP contribution in [0.4, 0.5) is 0 Å². The molecule has 0 aromatic rings. The lowest BCUT2D eigenvalue weighted by Crippen LogP contribution is -2.52. The fourth-order valence-corrected chi connectivity index (χ4v) is 3.51. The highest BCUT2D eigenvalue weighted by Gasteiger charge is 2.38. The molecule has 0 aromatic heterocycles. The van der Waals surface area contributed by atoms with Crippen LogP contribution >= 0.6 is 0 Å². The predicted molar refractivity (Wildman–Crippen MR) is 74.6 cm³/mol. The third-order valence-electron chi connectivity index (χ3n) is 4.35. The Kier molecular flexibility index (Phi) is 6.57. The summed E-state index contributed by atoms with van der Waals surface area (Å²) in [5.41, 5.74) is 0.335. The molecule has 0 aromatic carbocycles. The van der Waals surface area contributed by atoms with Crippen LogP contribution in [0.1, 0.15) is 33.1 Å². The van der Waals surface area contributed by atoms with Crippen molar-refractivity contribution in [2.75, 3.05) is 39.9 Å². The van der Waals surface area contributed by atoms with Crippen molar-refractivity contribution in [3.8, 4) is 0 Å². The molecule has 0 saturated heterocycles. The molecule has 18 heavy (non-hydrogen) atoms. The maximum absolute atomic E-state index is 9.08. The van der Waals surface area contributed by atoms with Crippen molar-refractivity contribution >= 4 is 0 Å². The van der Waals surface area contributed by atoms with Gasteiger partial charge in [0.2, 0.25) is 0 Å². The summed E-state index contributed by atoms with van der Waals surface area (Å²) in [6.45, 7) is 7.30. The molecule has 0 heterocycles. The van der Waals surface area contributed by atoms with Gasteiger partial charge in [0.25, 0.3) is 0 Å². The van der Waals surface area contributed by atoms with Crippen LogP contribution in [0, 0.1) is 11.3 Å². The Labute approximate surface area is 111 Å². The van der Waals surface area contributed by atoms with Crippen LogP contribution in [0.3, 0.4) is 0 Å². The summed E-state index contributed by atoms with van der Waals surface area (Å²) in [5, 5.41) is 21.6. The Morgan fingerprint density at radius 2 is 1.83 bits per heavy atom. The molecular weight excluding hydrogens is 228 g/mol. The standard InChI is InChI=1S/C14H30N2O2/c1-14(2)6-4-5-12(13(14)15-3)11-16(7-9-17)8-10-18/h12-13,15,17-18H,4-11H2,1-3H3. The molecule has 3 N–H and O–H groups in total. The van der Waals surface area contributed by atoms with E-state index in [4.69, 9.17) is 10.2 Å². The summed E-state index contributed by atoms with van der Waals surface area (Å²) < 4.78 is 0. The maximum Gasteiger partial charge on any atom is 0.0558 e. The molecule has 2 atom stereocenters.